The first-order valence-electron chi connectivity index (χ1n) is 4.86. The Bertz CT molecular complexity index is 369. The third kappa shape index (κ3) is 3.68. The number of aromatic nitrogens is 1. The minimum atomic E-state index is -0.623. The summed E-state index contributed by atoms with van der Waals surface area (Å²) in [6, 6.07) is 1.34. The number of ether oxygens (including phenoxy) is 1. The van der Waals surface area contributed by atoms with Crippen molar-refractivity contribution in [2.45, 2.75) is 6.42 Å². The molecule has 0 saturated heterocycles. The van der Waals surface area contributed by atoms with Gasteiger partial charge in [0, 0.05) is 12.7 Å². The summed E-state index contributed by atoms with van der Waals surface area (Å²) in [5.74, 6) is -1.07. The molecule has 1 rings (SSSR count). The molecular formula is C11H13FN2O2. The van der Waals surface area contributed by atoms with E-state index in [1.807, 2.05) is 0 Å². The van der Waals surface area contributed by atoms with Crippen LogP contribution >= 0.6 is 0 Å². The molecule has 5 heteroatoms. The molecule has 0 bridgehead atoms. The number of nitrogens with one attached hydrogen (secondary N) is 1. The first-order valence-corrected chi connectivity index (χ1v) is 4.86. The third-order valence-electron chi connectivity index (χ3n) is 1.86. The molecule has 0 fully saturated rings. The number of rotatable bonds is 6. The summed E-state index contributed by atoms with van der Waals surface area (Å²) >= 11 is 0. The fourth-order valence-corrected chi connectivity index (χ4v) is 1.10. The summed E-state index contributed by atoms with van der Waals surface area (Å²) in [4.78, 5) is 15.0. The highest BCUT2D eigenvalue weighted by Crippen LogP contribution is 2.03. The van der Waals surface area contributed by atoms with Crippen LogP contribution in [-0.2, 0) is 4.74 Å². The first kappa shape index (κ1) is 12.2. The van der Waals surface area contributed by atoms with Gasteiger partial charge in [0.25, 0.3) is 5.91 Å². The van der Waals surface area contributed by atoms with Crippen LogP contribution in [0, 0.1) is 5.82 Å². The zero-order valence-corrected chi connectivity index (χ0v) is 8.78. The molecule has 0 unspecified atom stereocenters. The van der Waals surface area contributed by atoms with Gasteiger partial charge in [-0.1, -0.05) is 6.58 Å². The van der Waals surface area contributed by atoms with Crippen LogP contribution in [0.3, 0.4) is 0 Å². The number of pyridine rings is 1. The lowest BCUT2D eigenvalue weighted by Crippen LogP contribution is -2.26. The Balaban J connectivity index is 2.36. The van der Waals surface area contributed by atoms with Crippen LogP contribution in [-0.4, -0.2) is 24.0 Å². The molecule has 0 aliphatic carbocycles. The van der Waals surface area contributed by atoms with Crippen LogP contribution in [0.1, 0.15) is 16.8 Å². The molecule has 4 nitrogen and oxygen atoms in total. The number of carbonyl (C=O) groups is 1. The predicted molar refractivity (Wildman–Crippen MR) is 57.3 cm³/mol. The Kier molecular flexibility index (Phi) is 4.98. The van der Waals surface area contributed by atoms with Crippen molar-refractivity contribution in [2.24, 2.45) is 0 Å². The maximum Gasteiger partial charge on any atom is 0.254 e. The van der Waals surface area contributed by atoms with Crippen LogP contribution in [0.4, 0.5) is 4.39 Å². The predicted octanol–water partition coefficient (Wildman–Crippen LogP) is 1.50. The molecule has 0 saturated carbocycles. The molecule has 0 atom stereocenters. The maximum atomic E-state index is 13.1. The Morgan fingerprint density at radius 2 is 2.50 bits per heavy atom. The summed E-state index contributed by atoms with van der Waals surface area (Å²) in [6.07, 6.45) is 4.36. The summed E-state index contributed by atoms with van der Waals surface area (Å²) < 4.78 is 18.0. The number of nitrogens with zero attached hydrogens (tertiary/aromatic N) is 1. The van der Waals surface area contributed by atoms with E-state index in [1.165, 1.54) is 18.5 Å². The van der Waals surface area contributed by atoms with Gasteiger partial charge in [0.15, 0.2) is 5.82 Å². The highest BCUT2D eigenvalue weighted by molar-refractivity contribution is 5.94. The van der Waals surface area contributed by atoms with E-state index in [0.29, 0.717) is 19.6 Å². The van der Waals surface area contributed by atoms with E-state index >= 15 is 0 Å². The molecule has 0 radical (unpaired) electrons. The molecule has 1 aromatic heterocycles. The van der Waals surface area contributed by atoms with Gasteiger partial charge in [-0.25, -0.2) is 4.39 Å². The van der Waals surface area contributed by atoms with Crippen molar-refractivity contribution in [3.05, 3.63) is 42.7 Å². The van der Waals surface area contributed by atoms with E-state index in [1.54, 1.807) is 0 Å². The minimum Gasteiger partial charge on any atom is -0.502 e. The summed E-state index contributed by atoms with van der Waals surface area (Å²) in [6.45, 7) is 4.29. The van der Waals surface area contributed by atoms with Crippen molar-refractivity contribution in [1.29, 1.82) is 0 Å². The van der Waals surface area contributed by atoms with E-state index < -0.39 is 11.7 Å². The van der Waals surface area contributed by atoms with Crippen molar-refractivity contribution < 1.29 is 13.9 Å². The van der Waals surface area contributed by atoms with Crippen LogP contribution in [0.25, 0.3) is 0 Å². The second kappa shape index (κ2) is 6.55. The quantitative estimate of drug-likeness (QED) is 0.588. The second-order valence-electron chi connectivity index (χ2n) is 3.00. The Morgan fingerprint density at radius 1 is 1.69 bits per heavy atom. The molecule has 0 aliphatic heterocycles. The fourth-order valence-electron chi connectivity index (χ4n) is 1.10. The molecule has 1 N–H and O–H groups in total. The second-order valence-corrected chi connectivity index (χ2v) is 3.00. The van der Waals surface area contributed by atoms with Crippen molar-refractivity contribution in [3.8, 4) is 0 Å². The monoisotopic (exact) mass is 224 g/mol. The summed E-state index contributed by atoms with van der Waals surface area (Å²) in [5, 5.41) is 2.58. The van der Waals surface area contributed by atoms with Gasteiger partial charge >= 0.3 is 0 Å². The molecule has 1 amide bonds. The van der Waals surface area contributed by atoms with Crippen LogP contribution in [0.2, 0.25) is 0 Å². The highest BCUT2D eigenvalue weighted by atomic mass is 19.1. The number of hydrogen-bond acceptors (Lipinski definition) is 3. The van der Waals surface area contributed by atoms with Crippen molar-refractivity contribution in [2.75, 3.05) is 13.2 Å². The van der Waals surface area contributed by atoms with Gasteiger partial charge in [0.1, 0.15) is 0 Å². The molecule has 1 heterocycles. The molecular weight excluding hydrogens is 211 g/mol. The molecule has 0 aromatic carbocycles. The lowest BCUT2D eigenvalue weighted by Gasteiger charge is -2.05. The molecule has 16 heavy (non-hydrogen) atoms. The average Bonchev–Trinajstić information content (AvgIpc) is 2.29. The van der Waals surface area contributed by atoms with Crippen LogP contribution in [0.5, 0.6) is 0 Å². The van der Waals surface area contributed by atoms with Crippen LogP contribution in [0.15, 0.2) is 31.3 Å². The first-order chi connectivity index (χ1) is 7.75. The molecule has 86 valence electrons. The van der Waals surface area contributed by atoms with E-state index in [2.05, 4.69) is 16.9 Å². The van der Waals surface area contributed by atoms with Crippen LogP contribution < -0.4 is 5.32 Å². The maximum absolute atomic E-state index is 13.1. The molecule has 1 aromatic rings. The van der Waals surface area contributed by atoms with E-state index in [9.17, 15) is 9.18 Å². The Morgan fingerprint density at radius 3 is 3.19 bits per heavy atom. The standard InChI is InChI=1S/C11H13FN2O2/c1-2-16-7-3-5-14-11(15)9-4-6-13-8-10(9)12/h2,4,6,8H,1,3,5,7H2,(H,14,15). The fraction of sp³-hybridized carbons (Fsp3) is 0.273. The van der Waals surface area contributed by atoms with E-state index in [0.717, 1.165) is 6.20 Å². The van der Waals surface area contributed by atoms with Gasteiger partial charge in [-0.05, 0) is 12.5 Å². The zero-order valence-electron chi connectivity index (χ0n) is 8.78. The van der Waals surface area contributed by atoms with Crippen molar-refractivity contribution in [3.63, 3.8) is 0 Å². The van der Waals surface area contributed by atoms with Gasteiger partial charge in [0.05, 0.1) is 24.6 Å². The summed E-state index contributed by atoms with van der Waals surface area (Å²) in [7, 11) is 0. The molecule has 0 aliphatic rings. The molecule has 0 spiro atoms. The van der Waals surface area contributed by atoms with Crippen molar-refractivity contribution in [1.82, 2.24) is 10.3 Å². The topological polar surface area (TPSA) is 51.2 Å². The lowest BCUT2D eigenvalue weighted by atomic mass is 10.2. The van der Waals surface area contributed by atoms with Gasteiger partial charge in [-0.2, -0.15) is 0 Å². The SMILES string of the molecule is C=COCCCNC(=O)c1ccncc1F. The smallest absolute Gasteiger partial charge is 0.254 e. The van der Waals surface area contributed by atoms with Crippen molar-refractivity contribution >= 4 is 5.91 Å². The van der Waals surface area contributed by atoms with Gasteiger partial charge in [0.2, 0.25) is 0 Å². The van der Waals surface area contributed by atoms with E-state index in [4.69, 9.17) is 4.74 Å². The zero-order chi connectivity index (χ0) is 11.8. The number of hydrogen-bond donors (Lipinski definition) is 1. The van der Waals surface area contributed by atoms with Gasteiger partial charge < -0.3 is 10.1 Å². The highest BCUT2D eigenvalue weighted by Gasteiger charge is 2.09. The Labute approximate surface area is 93.1 Å². The third-order valence-corrected chi connectivity index (χ3v) is 1.86. The average molecular weight is 224 g/mol. The minimum absolute atomic E-state index is 0.000334. The largest absolute Gasteiger partial charge is 0.502 e. The number of amides is 1. The van der Waals surface area contributed by atoms with Gasteiger partial charge in [-0.3, -0.25) is 9.78 Å². The Hall–Kier alpha value is -1.91. The summed E-state index contributed by atoms with van der Waals surface area (Å²) in [5.41, 5.74) is -0.000334. The van der Waals surface area contributed by atoms with E-state index in [-0.39, 0.29) is 5.56 Å². The normalized spacial score (nSPS) is 9.56. The number of carbonyl (C=O) groups excluding carboxylic acids is 1. The lowest BCUT2D eigenvalue weighted by molar-refractivity contribution is 0.0946. The number of halogens is 1. The van der Waals surface area contributed by atoms with Gasteiger partial charge in [-0.15, -0.1) is 0 Å².